The predicted octanol–water partition coefficient (Wildman–Crippen LogP) is 5.92. The smallest absolute Gasteiger partial charge is 0.410 e. The van der Waals surface area contributed by atoms with E-state index in [0.717, 1.165) is 18.4 Å². The number of carbonyl (C=O) groups is 2. The fourth-order valence-electron chi connectivity index (χ4n) is 5.30. The van der Waals surface area contributed by atoms with Gasteiger partial charge in [-0.1, -0.05) is 29.3 Å². The standard InChI is InChI=1S/C29H34Cl2N4O4/c1-18(38-26-10-7-19(13-32)14-33-26)22-16-35(17-23(22)20-8-9-24(30)25(31)12-20)27(36)21-6-5-11-34(15-21)28(37)39-29(2,3)4/h7-10,12,14,18,21-23H,5-6,11,15-17H2,1-4H3/t18-,21?,22?,23+/m0/s1. The maximum atomic E-state index is 13.8. The van der Waals surface area contributed by atoms with Crippen molar-refractivity contribution in [3.05, 3.63) is 57.7 Å². The fourth-order valence-corrected chi connectivity index (χ4v) is 5.61. The largest absolute Gasteiger partial charge is 0.474 e. The molecule has 2 saturated heterocycles. The zero-order valence-electron chi connectivity index (χ0n) is 22.7. The molecule has 2 aromatic rings. The molecule has 10 heteroatoms. The second-order valence-corrected chi connectivity index (χ2v) is 12.1. The van der Waals surface area contributed by atoms with Gasteiger partial charge in [-0.2, -0.15) is 5.26 Å². The van der Waals surface area contributed by atoms with E-state index in [-0.39, 0.29) is 35.9 Å². The molecule has 8 nitrogen and oxygen atoms in total. The summed E-state index contributed by atoms with van der Waals surface area (Å²) >= 11 is 12.5. The molecule has 39 heavy (non-hydrogen) atoms. The van der Waals surface area contributed by atoms with Gasteiger partial charge in [-0.25, -0.2) is 9.78 Å². The van der Waals surface area contributed by atoms with Crippen molar-refractivity contribution in [2.75, 3.05) is 26.2 Å². The number of nitrogens with zero attached hydrogens (tertiary/aromatic N) is 4. The molecule has 0 saturated carbocycles. The Morgan fingerprint density at radius 1 is 1.10 bits per heavy atom. The molecule has 0 aliphatic carbocycles. The summed E-state index contributed by atoms with van der Waals surface area (Å²) in [7, 11) is 0. The summed E-state index contributed by atoms with van der Waals surface area (Å²) in [5.74, 6) is 0.0617. The van der Waals surface area contributed by atoms with Crippen LogP contribution < -0.4 is 4.74 Å². The van der Waals surface area contributed by atoms with Crippen molar-refractivity contribution in [3.8, 4) is 11.9 Å². The SMILES string of the molecule is C[C@H](Oc1ccc(C#N)cn1)C1CN(C(=O)C2CCCN(C(=O)OC(C)(C)C)C2)C[C@@H]1c1ccc(Cl)c(Cl)c1. The quantitative estimate of drug-likeness (QED) is 0.441. The van der Waals surface area contributed by atoms with Crippen LogP contribution in [0.25, 0.3) is 0 Å². The number of halogens is 2. The number of hydrogen-bond donors (Lipinski definition) is 0. The van der Waals surface area contributed by atoms with E-state index in [4.69, 9.17) is 37.9 Å². The van der Waals surface area contributed by atoms with Crippen molar-refractivity contribution >= 4 is 35.2 Å². The number of benzene rings is 1. The van der Waals surface area contributed by atoms with Crippen LogP contribution in [0.3, 0.4) is 0 Å². The molecule has 4 atom stereocenters. The second-order valence-electron chi connectivity index (χ2n) is 11.3. The molecule has 1 aromatic heterocycles. The van der Waals surface area contributed by atoms with Crippen LogP contribution in [0.4, 0.5) is 4.79 Å². The highest BCUT2D eigenvalue weighted by molar-refractivity contribution is 6.42. The van der Waals surface area contributed by atoms with E-state index in [0.29, 0.717) is 47.7 Å². The third kappa shape index (κ3) is 7.14. The van der Waals surface area contributed by atoms with E-state index in [9.17, 15) is 9.59 Å². The molecular weight excluding hydrogens is 539 g/mol. The second kappa shape index (κ2) is 12.0. The fraction of sp³-hybridized carbons (Fsp3) is 0.517. The van der Waals surface area contributed by atoms with Gasteiger partial charge < -0.3 is 19.3 Å². The van der Waals surface area contributed by atoms with Crippen molar-refractivity contribution in [1.82, 2.24) is 14.8 Å². The molecule has 0 N–H and O–H groups in total. The van der Waals surface area contributed by atoms with Gasteiger partial charge in [-0.3, -0.25) is 4.79 Å². The first-order valence-electron chi connectivity index (χ1n) is 13.2. The van der Waals surface area contributed by atoms with Crippen molar-refractivity contribution in [2.45, 2.75) is 58.2 Å². The van der Waals surface area contributed by atoms with Gasteiger partial charge in [0, 0.05) is 50.3 Å². The Morgan fingerprint density at radius 2 is 1.87 bits per heavy atom. The molecule has 0 radical (unpaired) electrons. The zero-order valence-corrected chi connectivity index (χ0v) is 24.2. The molecule has 2 fully saturated rings. The summed E-state index contributed by atoms with van der Waals surface area (Å²) < 4.78 is 11.7. The lowest BCUT2D eigenvalue weighted by Crippen LogP contribution is -2.47. The monoisotopic (exact) mass is 572 g/mol. The summed E-state index contributed by atoms with van der Waals surface area (Å²) in [6.45, 7) is 9.38. The van der Waals surface area contributed by atoms with Crippen LogP contribution in [-0.4, -0.2) is 64.7 Å². The molecule has 208 valence electrons. The highest BCUT2D eigenvalue weighted by Gasteiger charge is 2.43. The van der Waals surface area contributed by atoms with Crippen LogP contribution in [0, 0.1) is 23.2 Å². The normalized spacial score (nSPS) is 22.2. The van der Waals surface area contributed by atoms with Crippen LogP contribution in [0.15, 0.2) is 36.5 Å². The van der Waals surface area contributed by atoms with Gasteiger partial charge in [0.2, 0.25) is 11.8 Å². The minimum atomic E-state index is -0.594. The van der Waals surface area contributed by atoms with Crippen molar-refractivity contribution in [2.24, 2.45) is 11.8 Å². The molecule has 2 unspecified atom stereocenters. The van der Waals surface area contributed by atoms with Gasteiger partial charge in [0.1, 0.15) is 17.8 Å². The predicted molar refractivity (Wildman–Crippen MR) is 149 cm³/mol. The molecule has 4 rings (SSSR count). The summed E-state index contributed by atoms with van der Waals surface area (Å²) in [5.41, 5.74) is 0.838. The van der Waals surface area contributed by atoms with Gasteiger partial charge in [-0.15, -0.1) is 0 Å². The Labute approximate surface area is 239 Å². The molecule has 0 bridgehead atoms. The average molecular weight is 574 g/mol. The summed E-state index contributed by atoms with van der Waals surface area (Å²) in [4.78, 5) is 34.2. The van der Waals surface area contributed by atoms with Crippen LogP contribution in [0.2, 0.25) is 10.0 Å². The van der Waals surface area contributed by atoms with Crippen molar-refractivity contribution < 1.29 is 19.1 Å². The number of likely N-dealkylation sites (tertiary alicyclic amines) is 2. The van der Waals surface area contributed by atoms with Crippen molar-refractivity contribution in [1.29, 1.82) is 5.26 Å². The van der Waals surface area contributed by atoms with E-state index in [1.807, 2.05) is 44.7 Å². The topological polar surface area (TPSA) is 95.8 Å². The van der Waals surface area contributed by atoms with E-state index in [2.05, 4.69) is 11.1 Å². The number of amides is 2. The van der Waals surface area contributed by atoms with Crippen LogP contribution in [-0.2, 0) is 9.53 Å². The third-order valence-corrected chi connectivity index (χ3v) is 7.98. The van der Waals surface area contributed by atoms with E-state index < -0.39 is 5.60 Å². The van der Waals surface area contributed by atoms with Gasteiger partial charge in [-0.05, 0) is 64.3 Å². The first-order valence-corrected chi connectivity index (χ1v) is 13.9. The van der Waals surface area contributed by atoms with E-state index >= 15 is 0 Å². The number of rotatable bonds is 5. The Kier molecular flexibility index (Phi) is 8.93. The Morgan fingerprint density at radius 3 is 2.51 bits per heavy atom. The number of ether oxygens (including phenoxy) is 2. The third-order valence-electron chi connectivity index (χ3n) is 7.25. The Balaban J connectivity index is 1.52. The number of carbonyl (C=O) groups excluding carboxylic acids is 2. The van der Waals surface area contributed by atoms with E-state index in [1.165, 1.54) is 6.20 Å². The maximum absolute atomic E-state index is 13.8. The zero-order chi connectivity index (χ0) is 28.3. The molecule has 0 spiro atoms. The molecule has 2 aliphatic rings. The molecule has 2 aliphatic heterocycles. The Hall–Kier alpha value is -3.02. The lowest BCUT2D eigenvalue weighted by molar-refractivity contribution is -0.136. The van der Waals surface area contributed by atoms with Gasteiger partial charge in [0.05, 0.1) is 21.5 Å². The molecular formula is C29H34Cl2N4O4. The van der Waals surface area contributed by atoms with Crippen molar-refractivity contribution in [3.63, 3.8) is 0 Å². The highest BCUT2D eigenvalue weighted by atomic mass is 35.5. The first-order chi connectivity index (χ1) is 18.4. The maximum Gasteiger partial charge on any atom is 0.410 e. The van der Waals surface area contributed by atoms with Crippen LogP contribution in [0.1, 0.15) is 57.6 Å². The highest BCUT2D eigenvalue weighted by Crippen LogP contribution is 2.39. The number of aromatic nitrogens is 1. The number of nitriles is 1. The van der Waals surface area contributed by atoms with Crippen LogP contribution in [0.5, 0.6) is 5.88 Å². The van der Waals surface area contributed by atoms with Gasteiger partial charge in [0.15, 0.2) is 0 Å². The molecule has 2 amide bonds. The first kappa shape index (κ1) is 29.0. The summed E-state index contributed by atoms with van der Waals surface area (Å²) in [5, 5.41) is 9.98. The van der Waals surface area contributed by atoms with Gasteiger partial charge >= 0.3 is 6.09 Å². The Bertz CT molecular complexity index is 1240. The summed E-state index contributed by atoms with van der Waals surface area (Å²) in [6.07, 6.45) is 2.27. The minimum Gasteiger partial charge on any atom is -0.474 e. The number of pyridine rings is 1. The lowest BCUT2D eigenvalue weighted by Gasteiger charge is -2.35. The van der Waals surface area contributed by atoms with E-state index in [1.54, 1.807) is 23.1 Å². The minimum absolute atomic E-state index is 0.0273. The average Bonchev–Trinajstić information content (AvgIpc) is 3.35. The number of piperidine rings is 1. The lowest BCUT2D eigenvalue weighted by atomic mass is 9.86. The van der Waals surface area contributed by atoms with Crippen LogP contribution >= 0.6 is 23.2 Å². The van der Waals surface area contributed by atoms with Gasteiger partial charge in [0.25, 0.3) is 0 Å². The summed E-state index contributed by atoms with van der Waals surface area (Å²) in [6, 6.07) is 11.0. The molecule has 1 aromatic carbocycles. The number of hydrogen-bond acceptors (Lipinski definition) is 6. The molecule has 3 heterocycles.